The number of hydrogen-bond donors (Lipinski definition) is 1. The van der Waals surface area contributed by atoms with Gasteiger partial charge in [-0.3, -0.25) is 4.99 Å². The van der Waals surface area contributed by atoms with Crippen LogP contribution >= 0.6 is 24.0 Å². The van der Waals surface area contributed by atoms with Gasteiger partial charge in [-0.05, 0) is 13.3 Å². The third-order valence-electron chi connectivity index (χ3n) is 4.49. The maximum atomic E-state index is 5.86. The van der Waals surface area contributed by atoms with E-state index in [-0.39, 0.29) is 24.0 Å². The predicted octanol–water partition coefficient (Wildman–Crippen LogP) is 3.31. The third kappa shape index (κ3) is 5.20. The van der Waals surface area contributed by atoms with Crippen molar-refractivity contribution < 1.29 is 9.15 Å². The summed E-state index contributed by atoms with van der Waals surface area (Å²) in [4.78, 5) is 11.0. The first-order valence-corrected chi connectivity index (χ1v) is 8.66. The van der Waals surface area contributed by atoms with Crippen molar-refractivity contribution >= 4 is 29.9 Å². The number of hydrogen-bond acceptors (Lipinski definition) is 4. The Morgan fingerprint density at radius 1 is 1.38 bits per heavy atom. The van der Waals surface area contributed by atoms with Gasteiger partial charge in [-0.15, -0.1) is 24.0 Å². The van der Waals surface area contributed by atoms with Gasteiger partial charge in [0, 0.05) is 38.7 Å². The number of guanidine groups is 1. The van der Waals surface area contributed by atoms with Gasteiger partial charge in [0.05, 0.1) is 19.3 Å². The van der Waals surface area contributed by atoms with Crippen molar-refractivity contribution in [3.8, 4) is 11.3 Å². The third-order valence-corrected chi connectivity index (χ3v) is 4.49. The standard InChI is InChI=1S/C19H26N4O2.HI/c1-14-4-6-16(7-5-14)17-10-21-18(25-17)11-22-19(20-2)23-9-8-15(12-23)13-24-3;/h4-7,10,15H,8-9,11-13H2,1-3H3,(H,20,22);1H. The first-order chi connectivity index (χ1) is 12.2. The van der Waals surface area contributed by atoms with Crippen LogP contribution in [0.15, 0.2) is 39.9 Å². The summed E-state index contributed by atoms with van der Waals surface area (Å²) in [5.41, 5.74) is 2.27. The summed E-state index contributed by atoms with van der Waals surface area (Å²) in [6.45, 7) is 5.35. The topological polar surface area (TPSA) is 62.9 Å². The van der Waals surface area contributed by atoms with Crippen molar-refractivity contribution in [1.82, 2.24) is 15.2 Å². The van der Waals surface area contributed by atoms with Crippen LogP contribution in [0.1, 0.15) is 17.9 Å². The molecule has 0 radical (unpaired) electrons. The number of methoxy groups -OCH3 is 1. The van der Waals surface area contributed by atoms with E-state index in [1.54, 1.807) is 20.4 Å². The highest BCUT2D eigenvalue weighted by Gasteiger charge is 2.24. The van der Waals surface area contributed by atoms with E-state index < -0.39 is 0 Å². The number of nitrogens with zero attached hydrogens (tertiary/aromatic N) is 3. The monoisotopic (exact) mass is 470 g/mol. The van der Waals surface area contributed by atoms with Gasteiger partial charge in [0.25, 0.3) is 0 Å². The summed E-state index contributed by atoms with van der Waals surface area (Å²) in [5.74, 6) is 2.89. The maximum absolute atomic E-state index is 5.86. The molecule has 26 heavy (non-hydrogen) atoms. The van der Waals surface area contributed by atoms with Crippen molar-refractivity contribution in [2.45, 2.75) is 19.9 Å². The SMILES string of the molecule is CN=C(NCc1ncc(-c2ccc(C)cc2)o1)N1CCC(COC)C1.I. The molecular formula is C19H27IN4O2. The van der Waals surface area contributed by atoms with Crippen molar-refractivity contribution in [2.24, 2.45) is 10.9 Å². The second-order valence-corrected chi connectivity index (χ2v) is 6.44. The fourth-order valence-corrected chi connectivity index (χ4v) is 3.13. The summed E-state index contributed by atoms with van der Waals surface area (Å²) in [6, 6.07) is 8.24. The molecule has 1 N–H and O–H groups in total. The molecule has 1 unspecified atom stereocenters. The van der Waals surface area contributed by atoms with Crippen LogP contribution in [0.4, 0.5) is 0 Å². The molecule has 1 aromatic heterocycles. The Kier molecular flexibility index (Phi) is 7.89. The summed E-state index contributed by atoms with van der Waals surface area (Å²) in [7, 11) is 3.56. The Labute approximate surface area is 172 Å². The van der Waals surface area contributed by atoms with Gasteiger partial charge in [0.2, 0.25) is 5.89 Å². The van der Waals surface area contributed by atoms with Gasteiger partial charge in [-0.1, -0.05) is 29.8 Å². The average molecular weight is 470 g/mol. The minimum absolute atomic E-state index is 0. The molecule has 1 aliphatic heterocycles. The number of ether oxygens (including phenoxy) is 1. The van der Waals surface area contributed by atoms with Crippen molar-refractivity contribution in [1.29, 1.82) is 0 Å². The van der Waals surface area contributed by atoms with E-state index in [1.807, 2.05) is 12.1 Å². The summed E-state index contributed by atoms with van der Waals surface area (Å²) >= 11 is 0. The van der Waals surface area contributed by atoms with Gasteiger partial charge in [-0.2, -0.15) is 0 Å². The summed E-state index contributed by atoms with van der Waals surface area (Å²) in [5, 5.41) is 3.34. The highest BCUT2D eigenvalue weighted by atomic mass is 127. The van der Waals surface area contributed by atoms with Gasteiger partial charge in [0.15, 0.2) is 11.7 Å². The van der Waals surface area contributed by atoms with Crippen molar-refractivity contribution in [3.63, 3.8) is 0 Å². The van der Waals surface area contributed by atoms with Crippen LogP contribution in [-0.2, 0) is 11.3 Å². The minimum Gasteiger partial charge on any atom is -0.439 e. The Balaban J connectivity index is 0.00000243. The molecule has 1 aliphatic rings. The maximum Gasteiger partial charge on any atom is 0.214 e. The molecule has 6 nitrogen and oxygen atoms in total. The summed E-state index contributed by atoms with van der Waals surface area (Å²) in [6.07, 6.45) is 2.90. The van der Waals surface area contributed by atoms with Crippen molar-refractivity contribution in [3.05, 3.63) is 41.9 Å². The first kappa shape index (κ1) is 20.7. The largest absolute Gasteiger partial charge is 0.439 e. The quantitative estimate of drug-likeness (QED) is 0.413. The molecular weight excluding hydrogens is 443 g/mol. The smallest absolute Gasteiger partial charge is 0.214 e. The lowest BCUT2D eigenvalue weighted by atomic mass is 10.1. The van der Waals surface area contributed by atoms with E-state index >= 15 is 0 Å². The fourth-order valence-electron chi connectivity index (χ4n) is 3.13. The lowest BCUT2D eigenvalue weighted by Gasteiger charge is -2.21. The second kappa shape index (κ2) is 9.91. The molecule has 2 aromatic rings. The Morgan fingerprint density at radius 3 is 2.85 bits per heavy atom. The number of aromatic nitrogens is 1. The Hall–Kier alpha value is -1.61. The molecule has 7 heteroatoms. The number of nitrogens with one attached hydrogen (secondary N) is 1. The molecule has 2 heterocycles. The highest BCUT2D eigenvalue weighted by molar-refractivity contribution is 14.0. The Morgan fingerprint density at radius 2 is 2.15 bits per heavy atom. The molecule has 1 saturated heterocycles. The lowest BCUT2D eigenvalue weighted by Crippen LogP contribution is -2.39. The predicted molar refractivity (Wildman–Crippen MR) is 114 cm³/mol. The lowest BCUT2D eigenvalue weighted by molar-refractivity contribution is 0.157. The Bertz CT molecular complexity index is 715. The van der Waals surface area contributed by atoms with E-state index in [4.69, 9.17) is 9.15 Å². The number of halogens is 1. The molecule has 0 amide bonds. The number of aryl methyl sites for hydroxylation is 1. The van der Waals surface area contributed by atoms with Crippen LogP contribution in [0.3, 0.4) is 0 Å². The highest BCUT2D eigenvalue weighted by Crippen LogP contribution is 2.21. The zero-order chi connectivity index (χ0) is 17.6. The first-order valence-electron chi connectivity index (χ1n) is 8.66. The van der Waals surface area contributed by atoms with E-state index in [9.17, 15) is 0 Å². The van der Waals surface area contributed by atoms with Gasteiger partial charge in [0.1, 0.15) is 0 Å². The van der Waals surface area contributed by atoms with Gasteiger partial charge in [-0.25, -0.2) is 4.98 Å². The van der Waals surface area contributed by atoms with Gasteiger partial charge >= 0.3 is 0 Å². The molecule has 0 aliphatic carbocycles. The second-order valence-electron chi connectivity index (χ2n) is 6.44. The van der Waals surface area contributed by atoms with Crippen LogP contribution < -0.4 is 5.32 Å². The summed E-state index contributed by atoms with van der Waals surface area (Å²) < 4.78 is 11.1. The molecule has 1 fully saturated rings. The van der Waals surface area contributed by atoms with E-state index in [0.29, 0.717) is 18.4 Å². The molecule has 0 saturated carbocycles. The number of rotatable bonds is 5. The molecule has 1 aromatic carbocycles. The molecule has 1 atom stereocenters. The van der Waals surface area contributed by atoms with Crippen molar-refractivity contribution in [2.75, 3.05) is 33.9 Å². The fraction of sp³-hybridized carbons (Fsp3) is 0.474. The molecule has 0 bridgehead atoms. The molecule has 3 rings (SSSR count). The van der Waals surface area contributed by atoms with Crippen LogP contribution in [0, 0.1) is 12.8 Å². The average Bonchev–Trinajstić information content (AvgIpc) is 3.27. The zero-order valence-corrected chi connectivity index (χ0v) is 17.9. The van der Waals surface area contributed by atoms with Crippen LogP contribution in [0.2, 0.25) is 0 Å². The number of likely N-dealkylation sites (tertiary alicyclic amines) is 1. The van der Waals surface area contributed by atoms with Gasteiger partial charge < -0.3 is 19.4 Å². The van der Waals surface area contributed by atoms with Crippen LogP contribution in [0.5, 0.6) is 0 Å². The molecule has 0 spiro atoms. The van der Waals surface area contributed by atoms with Crippen LogP contribution in [0.25, 0.3) is 11.3 Å². The minimum atomic E-state index is 0. The number of benzene rings is 1. The van der Waals surface area contributed by atoms with E-state index in [2.05, 4.69) is 39.2 Å². The van der Waals surface area contributed by atoms with E-state index in [1.165, 1.54) is 5.56 Å². The van der Waals surface area contributed by atoms with Crippen LogP contribution in [-0.4, -0.2) is 49.7 Å². The zero-order valence-electron chi connectivity index (χ0n) is 15.6. The normalized spacial score (nSPS) is 17.3. The number of oxazole rings is 1. The van der Waals surface area contributed by atoms with E-state index in [0.717, 1.165) is 43.4 Å². The molecule has 142 valence electrons. The number of aliphatic imine (C=N–C) groups is 1.